The first-order valence-corrected chi connectivity index (χ1v) is 10.4. The molecule has 2 aromatic rings. The van der Waals surface area contributed by atoms with Crippen LogP contribution in [0.2, 0.25) is 0 Å². The van der Waals surface area contributed by atoms with Gasteiger partial charge in [-0.1, -0.05) is 19.9 Å². The third-order valence-electron chi connectivity index (χ3n) is 5.26. The van der Waals surface area contributed by atoms with Gasteiger partial charge in [0.1, 0.15) is 5.01 Å². The Hall–Kier alpha value is -1.79. The van der Waals surface area contributed by atoms with Crippen LogP contribution in [0.15, 0.2) is 18.2 Å². The Morgan fingerprint density at radius 3 is 2.74 bits per heavy atom. The topological polar surface area (TPSA) is 53.5 Å². The highest BCUT2D eigenvalue weighted by atomic mass is 32.1. The maximum atomic E-state index is 13.1. The average molecular weight is 388 g/mol. The third kappa shape index (κ3) is 4.22. The normalized spacial score (nSPS) is 18.6. The zero-order chi connectivity index (χ0) is 19.7. The van der Waals surface area contributed by atoms with Gasteiger partial charge >= 0.3 is 0 Å². The molecule has 2 atom stereocenters. The van der Waals surface area contributed by atoms with E-state index in [1.165, 1.54) is 5.56 Å². The molecule has 0 saturated carbocycles. The van der Waals surface area contributed by atoms with Crippen molar-refractivity contribution in [3.63, 3.8) is 0 Å². The van der Waals surface area contributed by atoms with Crippen LogP contribution in [0.5, 0.6) is 0 Å². The Morgan fingerprint density at radius 1 is 1.33 bits per heavy atom. The number of thiazole rings is 1. The average Bonchev–Trinajstić information content (AvgIpc) is 3.19. The van der Waals surface area contributed by atoms with E-state index < -0.39 is 0 Å². The minimum Gasteiger partial charge on any atom is -0.331 e. The minimum absolute atomic E-state index is 0.0748. The number of likely N-dealkylation sites (N-methyl/N-ethyl adjacent to an activating group) is 1. The molecule has 1 aliphatic heterocycles. The van der Waals surface area contributed by atoms with Gasteiger partial charge in [-0.2, -0.15) is 0 Å². The minimum atomic E-state index is -0.313. The summed E-state index contributed by atoms with van der Waals surface area (Å²) in [5, 5.41) is 0.841. The van der Waals surface area contributed by atoms with Crippen LogP contribution in [0, 0.1) is 12.8 Å². The quantitative estimate of drug-likeness (QED) is 0.763. The first kappa shape index (κ1) is 20.0. The lowest BCUT2D eigenvalue weighted by molar-refractivity contribution is -0.142. The molecule has 3 rings (SSSR count). The number of hydrogen-bond donors (Lipinski definition) is 0. The molecule has 6 heteroatoms. The van der Waals surface area contributed by atoms with Crippen molar-refractivity contribution in [1.82, 2.24) is 14.8 Å². The molecular weight excluding hydrogens is 358 g/mol. The number of aromatic nitrogens is 1. The number of nitrogens with zero attached hydrogens (tertiary/aromatic N) is 3. The molecule has 1 aromatic heterocycles. The number of aryl methyl sites for hydroxylation is 1. The summed E-state index contributed by atoms with van der Waals surface area (Å²) in [5.74, 6) is 0.389. The molecule has 2 heterocycles. The lowest BCUT2D eigenvalue weighted by Gasteiger charge is -2.33. The lowest BCUT2D eigenvalue weighted by atomic mass is 10.0. The van der Waals surface area contributed by atoms with Crippen molar-refractivity contribution in [2.75, 3.05) is 20.6 Å². The zero-order valence-corrected chi connectivity index (χ0v) is 17.7. The van der Waals surface area contributed by atoms with Gasteiger partial charge in [0.25, 0.3) is 0 Å². The first-order valence-electron chi connectivity index (χ1n) is 9.63. The van der Waals surface area contributed by atoms with E-state index in [1.807, 2.05) is 36.0 Å². The fourth-order valence-corrected chi connectivity index (χ4v) is 5.13. The van der Waals surface area contributed by atoms with Gasteiger partial charge in [0.05, 0.1) is 28.7 Å². The SMILES string of the molecule is Cc1ccc2nc(CC(=O)[C@H]3CCCN3C(=O)[C@H](C(C)C)N(C)C)sc2c1. The zero-order valence-electron chi connectivity index (χ0n) is 16.9. The van der Waals surface area contributed by atoms with E-state index in [0.29, 0.717) is 13.0 Å². The second kappa shape index (κ2) is 8.07. The molecule has 1 aliphatic rings. The van der Waals surface area contributed by atoms with Gasteiger partial charge in [-0.15, -0.1) is 11.3 Å². The van der Waals surface area contributed by atoms with Crippen molar-refractivity contribution < 1.29 is 9.59 Å². The van der Waals surface area contributed by atoms with Crippen LogP contribution in [0.3, 0.4) is 0 Å². The van der Waals surface area contributed by atoms with E-state index in [2.05, 4.69) is 31.8 Å². The molecule has 1 aromatic carbocycles. The number of carbonyl (C=O) groups excluding carboxylic acids is 2. The Kier molecular flexibility index (Phi) is 5.96. The molecule has 5 nitrogen and oxygen atoms in total. The summed E-state index contributed by atoms with van der Waals surface area (Å²) >= 11 is 1.58. The van der Waals surface area contributed by atoms with Gasteiger partial charge in [-0.3, -0.25) is 14.5 Å². The van der Waals surface area contributed by atoms with Crippen molar-refractivity contribution in [3.8, 4) is 0 Å². The number of Topliss-reactive ketones (excluding diaryl/α,β-unsaturated/α-hetero) is 1. The van der Waals surface area contributed by atoms with Crippen LogP contribution in [0.25, 0.3) is 10.2 Å². The molecule has 1 amide bonds. The van der Waals surface area contributed by atoms with Crippen molar-refractivity contribution in [2.24, 2.45) is 5.92 Å². The van der Waals surface area contributed by atoms with Crippen LogP contribution >= 0.6 is 11.3 Å². The van der Waals surface area contributed by atoms with Crippen LogP contribution in [0.4, 0.5) is 0 Å². The summed E-state index contributed by atoms with van der Waals surface area (Å²) in [6, 6.07) is 5.65. The van der Waals surface area contributed by atoms with Crippen molar-refractivity contribution in [3.05, 3.63) is 28.8 Å². The summed E-state index contributed by atoms with van der Waals surface area (Å²) in [6.07, 6.45) is 1.95. The van der Waals surface area contributed by atoms with Gasteiger partial charge in [0.15, 0.2) is 5.78 Å². The molecule has 0 spiro atoms. The number of likely N-dealkylation sites (tertiary alicyclic amines) is 1. The van der Waals surface area contributed by atoms with Gasteiger partial charge < -0.3 is 4.90 Å². The number of benzene rings is 1. The van der Waals surface area contributed by atoms with E-state index in [9.17, 15) is 9.59 Å². The molecule has 1 saturated heterocycles. The number of ketones is 1. The highest BCUT2D eigenvalue weighted by molar-refractivity contribution is 7.18. The Balaban J connectivity index is 1.75. The molecule has 0 N–H and O–H groups in total. The summed E-state index contributed by atoms with van der Waals surface area (Å²) in [7, 11) is 3.86. The fraction of sp³-hybridized carbons (Fsp3) is 0.571. The maximum absolute atomic E-state index is 13.1. The van der Waals surface area contributed by atoms with Crippen LogP contribution in [0.1, 0.15) is 37.3 Å². The lowest BCUT2D eigenvalue weighted by Crippen LogP contribution is -2.52. The smallest absolute Gasteiger partial charge is 0.240 e. The van der Waals surface area contributed by atoms with Crippen molar-refractivity contribution in [2.45, 2.75) is 52.1 Å². The monoisotopic (exact) mass is 387 g/mol. The van der Waals surface area contributed by atoms with Crippen LogP contribution < -0.4 is 0 Å². The number of rotatable bonds is 6. The number of amides is 1. The van der Waals surface area contributed by atoms with Gasteiger partial charge in [-0.05, 0) is 57.5 Å². The van der Waals surface area contributed by atoms with Gasteiger partial charge in [0, 0.05) is 6.54 Å². The number of hydrogen-bond acceptors (Lipinski definition) is 5. The Labute approximate surface area is 165 Å². The summed E-state index contributed by atoms with van der Waals surface area (Å²) in [6.45, 7) is 6.84. The molecular formula is C21H29N3O2S. The van der Waals surface area contributed by atoms with E-state index >= 15 is 0 Å². The summed E-state index contributed by atoms with van der Waals surface area (Å²) in [4.78, 5) is 34.5. The Bertz CT molecular complexity index is 835. The van der Waals surface area contributed by atoms with E-state index in [4.69, 9.17) is 0 Å². The second-order valence-corrected chi connectivity index (χ2v) is 9.18. The standard InChI is InChI=1S/C21H29N3O2S/c1-13(2)20(23(4)5)21(26)24-10-6-7-16(24)17(25)12-19-22-15-9-8-14(3)11-18(15)27-19/h8-9,11,13,16,20H,6-7,10,12H2,1-5H3/t16-,20+/m1/s1. The summed E-state index contributed by atoms with van der Waals surface area (Å²) in [5.41, 5.74) is 2.14. The predicted molar refractivity (Wildman–Crippen MR) is 110 cm³/mol. The third-order valence-corrected chi connectivity index (χ3v) is 6.28. The van der Waals surface area contributed by atoms with E-state index in [-0.39, 0.29) is 29.7 Å². The number of carbonyl (C=O) groups is 2. The maximum Gasteiger partial charge on any atom is 0.240 e. The van der Waals surface area contributed by atoms with Crippen LogP contribution in [-0.4, -0.2) is 59.2 Å². The molecule has 0 aliphatic carbocycles. The highest BCUT2D eigenvalue weighted by Gasteiger charge is 2.38. The first-order chi connectivity index (χ1) is 12.8. The molecule has 0 unspecified atom stereocenters. The molecule has 1 fully saturated rings. The largest absolute Gasteiger partial charge is 0.331 e. The fourth-order valence-electron chi connectivity index (χ4n) is 4.06. The van der Waals surface area contributed by atoms with Crippen molar-refractivity contribution >= 4 is 33.2 Å². The molecule has 0 radical (unpaired) electrons. The molecule has 0 bridgehead atoms. The van der Waals surface area contributed by atoms with Gasteiger partial charge in [0.2, 0.25) is 5.91 Å². The predicted octanol–water partition coefficient (Wildman–Crippen LogP) is 3.29. The van der Waals surface area contributed by atoms with E-state index in [1.54, 1.807) is 11.3 Å². The van der Waals surface area contributed by atoms with E-state index in [0.717, 1.165) is 28.1 Å². The highest BCUT2D eigenvalue weighted by Crippen LogP contribution is 2.27. The number of fused-ring (bicyclic) bond motifs is 1. The van der Waals surface area contributed by atoms with Gasteiger partial charge in [-0.25, -0.2) is 4.98 Å². The summed E-state index contributed by atoms with van der Waals surface area (Å²) < 4.78 is 1.12. The molecule has 146 valence electrons. The second-order valence-electron chi connectivity index (χ2n) is 8.06. The van der Waals surface area contributed by atoms with Crippen LogP contribution in [-0.2, 0) is 16.0 Å². The molecule has 27 heavy (non-hydrogen) atoms. The van der Waals surface area contributed by atoms with Crippen molar-refractivity contribution in [1.29, 1.82) is 0 Å². The Morgan fingerprint density at radius 2 is 2.07 bits per heavy atom.